The summed E-state index contributed by atoms with van der Waals surface area (Å²) in [6.07, 6.45) is 6.44. The molecule has 84 valence electrons. The van der Waals surface area contributed by atoms with Gasteiger partial charge in [0.15, 0.2) is 0 Å². The predicted octanol–water partition coefficient (Wildman–Crippen LogP) is 1.31. The summed E-state index contributed by atoms with van der Waals surface area (Å²) in [5.74, 6) is 0. The molecule has 0 spiro atoms. The first-order valence-corrected chi connectivity index (χ1v) is 6.85. The minimum absolute atomic E-state index is 0.180. The van der Waals surface area contributed by atoms with Crippen LogP contribution in [0.3, 0.4) is 0 Å². The van der Waals surface area contributed by atoms with E-state index in [9.17, 15) is 8.42 Å². The Labute approximate surface area is 85.7 Å². The van der Waals surface area contributed by atoms with Crippen molar-refractivity contribution in [2.24, 2.45) is 0 Å². The smallest absolute Gasteiger partial charge is 0.264 e. The van der Waals surface area contributed by atoms with Crippen LogP contribution in [0.25, 0.3) is 0 Å². The van der Waals surface area contributed by atoms with Crippen LogP contribution in [-0.4, -0.2) is 34.0 Å². The summed E-state index contributed by atoms with van der Waals surface area (Å²) in [4.78, 5) is 0. The van der Waals surface area contributed by atoms with Crippen molar-refractivity contribution >= 4 is 10.1 Å². The quantitative estimate of drug-likeness (QED) is 0.673. The van der Waals surface area contributed by atoms with Gasteiger partial charge >= 0.3 is 0 Å². The summed E-state index contributed by atoms with van der Waals surface area (Å²) in [6, 6.07) is 0. The Morgan fingerprint density at radius 1 is 1.36 bits per heavy atom. The first-order valence-electron chi connectivity index (χ1n) is 5.04. The van der Waals surface area contributed by atoms with Crippen LogP contribution in [0.4, 0.5) is 0 Å². The maximum absolute atomic E-state index is 10.7. The maximum atomic E-state index is 10.7. The SMILES string of the molecule is CS(=O)(=O)OCCC1CCCCCO1. The molecule has 1 heterocycles. The van der Waals surface area contributed by atoms with E-state index in [1.54, 1.807) is 0 Å². The number of ether oxygens (including phenoxy) is 1. The molecule has 1 aliphatic heterocycles. The van der Waals surface area contributed by atoms with Gasteiger partial charge in [0.1, 0.15) is 0 Å². The Morgan fingerprint density at radius 2 is 2.14 bits per heavy atom. The highest BCUT2D eigenvalue weighted by Crippen LogP contribution is 2.15. The predicted molar refractivity (Wildman–Crippen MR) is 53.6 cm³/mol. The van der Waals surface area contributed by atoms with Crippen LogP contribution in [0.1, 0.15) is 32.1 Å². The van der Waals surface area contributed by atoms with E-state index in [-0.39, 0.29) is 12.7 Å². The molecule has 1 rings (SSSR count). The molecule has 1 fully saturated rings. The van der Waals surface area contributed by atoms with E-state index in [0.717, 1.165) is 25.7 Å². The van der Waals surface area contributed by atoms with E-state index in [0.29, 0.717) is 6.42 Å². The molecule has 1 saturated heterocycles. The third kappa shape index (κ3) is 5.57. The molecule has 0 radical (unpaired) electrons. The van der Waals surface area contributed by atoms with Gasteiger partial charge < -0.3 is 4.74 Å². The normalized spacial score (nSPS) is 24.5. The second-order valence-electron chi connectivity index (χ2n) is 3.66. The van der Waals surface area contributed by atoms with Gasteiger partial charge in [0.25, 0.3) is 10.1 Å². The zero-order valence-corrected chi connectivity index (χ0v) is 9.38. The monoisotopic (exact) mass is 222 g/mol. The lowest BCUT2D eigenvalue weighted by molar-refractivity contribution is 0.0439. The summed E-state index contributed by atoms with van der Waals surface area (Å²) in [5.41, 5.74) is 0. The maximum Gasteiger partial charge on any atom is 0.264 e. The average molecular weight is 222 g/mol. The molecule has 0 amide bonds. The Bertz CT molecular complexity index is 240. The fourth-order valence-electron chi connectivity index (χ4n) is 1.54. The van der Waals surface area contributed by atoms with Crippen LogP contribution in [-0.2, 0) is 19.0 Å². The molecule has 5 heteroatoms. The first-order chi connectivity index (χ1) is 6.58. The molecule has 0 aromatic carbocycles. The van der Waals surface area contributed by atoms with E-state index in [1.807, 2.05) is 0 Å². The Morgan fingerprint density at radius 3 is 2.86 bits per heavy atom. The van der Waals surface area contributed by atoms with Crippen molar-refractivity contribution in [2.75, 3.05) is 19.5 Å². The van der Waals surface area contributed by atoms with E-state index in [2.05, 4.69) is 4.18 Å². The highest BCUT2D eigenvalue weighted by molar-refractivity contribution is 7.85. The summed E-state index contributed by atoms with van der Waals surface area (Å²) in [5, 5.41) is 0. The fraction of sp³-hybridized carbons (Fsp3) is 1.00. The second kappa shape index (κ2) is 5.68. The molecular formula is C9H18O4S. The lowest BCUT2D eigenvalue weighted by atomic mass is 10.1. The van der Waals surface area contributed by atoms with Crippen LogP contribution >= 0.6 is 0 Å². The number of hydrogen-bond acceptors (Lipinski definition) is 4. The van der Waals surface area contributed by atoms with Crippen LogP contribution in [0, 0.1) is 0 Å². The van der Waals surface area contributed by atoms with Crippen LogP contribution < -0.4 is 0 Å². The van der Waals surface area contributed by atoms with Crippen molar-refractivity contribution in [3.63, 3.8) is 0 Å². The van der Waals surface area contributed by atoms with Gasteiger partial charge in [-0.3, -0.25) is 4.18 Å². The highest BCUT2D eigenvalue weighted by Gasteiger charge is 2.13. The number of hydrogen-bond donors (Lipinski definition) is 0. The minimum atomic E-state index is -3.29. The standard InChI is InChI=1S/C9H18O4S/c1-14(10,11)13-8-6-9-5-3-2-4-7-12-9/h9H,2-8H2,1H3. The summed E-state index contributed by atoms with van der Waals surface area (Å²) in [7, 11) is -3.29. The first kappa shape index (κ1) is 11.9. The minimum Gasteiger partial charge on any atom is -0.378 e. The van der Waals surface area contributed by atoms with Crippen LogP contribution in [0.5, 0.6) is 0 Å². The molecule has 14 heavy (non-hydrogen) atoms. The topological polar surface area (TPSA) is 52.6 Å². The van der Waals surface area contributed by atoms with Crippen molar-refractivity contribution in [1.29, 1.82) is 0 Å². The molecule has 0 aromatic rings. The average Bonchev–Trinajstić information content (AvgIpc) is 2.30. The summed E-state index contributed by atoms with van der Waals surface area (Å²) < 4.78 is 31.6. The van der Waals surface area contributed by atoms with E-state index >= 15 is 0 Å². The van der Waals surface area contributed by atoms with Crippen molar-refractivity contribution in [3.8, 4) is 0 Å². The molecule has 0 saturated carbocycles. The van der Waals surface area contributed by atoms with Crippen molar-refractivity contribution in [1.82, 2.24) is 0 Å². The molecule has 4 nitrogen and oxygen atoms in total. The van der Waals surface area contributed by atoms with Gasteiger partial charge in [0.05, 0.1) is 19.0 Å². The molecular weight excluding hydrogens is 204 g/mol. The molecule has 1 aliphatic rings. The second-order valence-corrected chi connectivity index (χ2v) is 5.30. The van der Waals surface area contributed by atoms with Crippen LogP contribution in [0.15, 0.2) is 0 Å². The van der Waals surface area contributed by atoms with Gasteiger partial charge in [-0.25, -0.2) is 0 Å². The molecule has 0 aromatic heterocycles. The third-order valence-electron chi connectivity index (χ3n) is 2.26. The summed E-state index contributed by atoms with van der Waals surface area (Å²) >= 11 is 0. The Balaban J connectivity index is 2.16. The van der Waals surface area contributed by atoms with Crippen LogP contribution in [0.2, 0.25) is 0 Å². The van der Waals surface area contributed by atoms with E-state index in [4.69, 9.17) is 4.74 Å². The Kier molecular flexibility index (Phi) is 4.84. The van der Waals surface area contributed by atoms with Crippen molar-refractivity contribution in [3.05, 3.63) is 0 Å². The van der Waals surface area contributed by atoms with Gasteiger partial charge in [-0.2, -0.15) is 8.42 Å². The van der Waals surface area contributed by atoms with Gasteiger partial charge in [0, 0.05) is 6.61 Å². The molecule has 0 aliphatic carbocycles. The lowest BCUT2D eigenvalue weighted by Gasteiger charge is -2.13. The third-order valence-corrected chi connectivity index (χ3v) is 2.86. The van der Waals surface area contributed by atoms with E-state index in [1.165, 1.54) is 12.8 Å². The summed E-state index contributed by atoms with van der Waals surface area (Å²) in [6.45, 7) is 1.03. The largest absolute Gasteiger partial charge is 0.378 e. The van der Waals surface area contributed by atoms with Crippen molar-refractivity contribution < 1.29 is 17.3 Å². The van der Waals surface area contributed by atoms with Gasteiger partial charge in [-0.1, -0.05) is 12.8 Å². The molecule has 0 N–H and O–H groups in total. The van der Waals surface area contributed by atoms with Gasteiger partial charge in [0.2, 0.25) is 0 Å². The molecule has 1 atom stereocenters. The Hall–Kier alpha value is -0.130. The van der Waals surface area contributed by atoms with Gasteiger partial charge in [-0.15, -0.1) is 0 Å². The van der Waals surface area contributed by atoms with E-state index < -0.39 is 10.1 Å². The highest BCUT2D eigenvalue weighted by atomic mass is 32.2. The van der Waals surface area contributed by atoms with Crippen molar-refractivity contribution in [2.45, 2.75) is 38.2 Å². The number of rotatable bonds is 4. The molecule has 0 bridgehead atoms. The van der Waals surface area contributed by atoms with Gasteiger partial charge in [-0.05, 0) is 19.3 Å². The zero-order valence-electron chi connectivity index (χ0n) is 8.57. The lowest BCUT2D eigenvalue weighted by Crippen LogP contribution is -2.16. The zero-order chi connectivity index (χ0) is 10.4. The molecule has 1 unspecified atom stereocenters. The fourth-order valence-corrected chi connectivity index (χ4v) is 1.94.